The van der Waals surface area contributed by atoms with Gasteiger partial charge in [0, 0.05) is 56.1 Å². The van der Waals surface area contributed by atoms with Gasteiger partial charge < -0.3 is 25.6 Å². The summed E-state index contributed by atoms with van der Waals surface area (Å²) >= 11 is 13.8. The number of halogens is 2. The number of benzene rings is 2. The van der Waals surface area contributed by atoms with E-state index < -0.39 is 11.4 Å². The minimum Gasteiger partial charge on any atom is -0.481 e. The minimum absolute atomic E-state index is 0.137. The highest BCUT2D eigenvalue weighted by Crippen LogP contribution is 2.63. The number of pyridine rings is 1. The van der Waals surface area contributed by atoms with Crippen LogP contribution in [0.4, 0.5) is 11.4 Å². The number of nitrogens with zero attached hydrogens (tertiary/aromatic N) is 4. The molecule has 0 atom stereocenters. The Bertz CT molecular complexity index is 2110. The largest absolute Gasteiger partial charge is 0.481 e. The number of hydrogen-bond donors (Lipinski definition) is 4. The number of amides is 2. The lowest BCUT2D eigenvalue weighted by Gasteiger charge is -2.32. The molecule has 2 aliphatic heterocycles. The molecule has 8 rings (SSSR count). The number of fused-ring (bicyclic) bond motifs is 4. The van der Waals surface area contributed by atoms with Crippen molar-refractivity contribution < 1.29 is 19.5 Å². The number of aliphatic carboxylic acids is 1. The molecule has 0 saturated heterocycles. The highest BCUT2D eigenvalue weighted by atomic mass is 35.5. The maximum Gasteiger partial charge on any atom is 0.309 e. The first-order valence-electron chi connectivity index (χ1n) is 17.9. The van der Waals surface area contributed by atoms with Crippen LogP contribution in [0.5, 0.6) is 0 Å². The Balaban J connectivity index is 0.945. The second kappa shape index (κ2) is 13.6. The fourth-order valence-corrected chi connectivity index (χ4v) is 9.40. The third kappa shape index (κ3) is 6.27. The Labute approximate surface area is 312 Å². The molecule has 2 saturated carbocycles. The average molecular weight is 743 g/mol. The Morgan fingerprint density at radius 1 is 0.942 bits per heavy atom. The van der Waals surface area contributed by atoms with Crippen molar-refractivity contribution in [3.63, 3.8) is 0 Å². The molecule has 2 amide bonds. The van der Waals surface area contributed by atoms with Crippen molar-refractivity contribution in [2.45, 2.75) is 64.5 Å². The molecule has 4 heterocycles. The predicted molar refractivity (Wildman–Crippen MR) is 200 cm³/mol. The van der Waals surface area contributed by atoms with E-state index in [-0.39, 0.29) is 17.2 Å². The first kappa shape index (κ1) is 34.8. The molecule has 2 bridgehead atoms. The minimum atomic E-state index is -0.627. The van der Waals surface area contributed by atoms with Crippen LogP contribution in [0.15, 0.2) is 48.7 Å². The molecule has 13 heteroatoms. The third-order valence-corrected chi connectivity index (χ3v) is 12.7. The van der Waals surface area contributed by atoms with E-state index in [0.29, 0.717) is 50.6 Å². The van der Waals surface area contributed by atoms with Crippen molar-refractivity contribution in [1.82, 2.24) is 24.8 Å². The molecular weight excluding hydrogens is 701 g/mol. The second-order valence-corrected chi connectivity index (χ2v) is 15.7. The highest BCUT2D eigenvalue weighted by molar-refractivity contribution is 6.40. The Morgan fingerprint density at radius 3 is 2.31 bits per heavy atom. The first-order chi connectivity index (χ1) is 25.0. The van der Waals surface area contributed by atoms with Gasteiger partial charge in [0.15, 0.2) is 5.82 Å². The molecule has 0 unspecified atom stereocenters. The van der Waals surface area contributed by atoms with E-state index in [0.717, 1.165) is 100 Å². The van der Waals surface area contributed by atoms with Gasteiger partial charge in [-0.25, -0.2) is 4.98 Å². The number of carboxylic acid groups (broad SMARTS) is 1. The summed E-state index contributed by atoms with van der Waals surface area (Å²) in [6.45, 7) is 4.00. The van der Waals surface area contributed by atoms with Gasteiger partial charge in [0.1, 0.15) is 5.69 Å². The van der Waals surface area contributed by atoms with Crippen molar-refractivity contribution in [1.29, 1.82) is 0 Å². The predicted octanol–water partition coefficient (Wildman–Crippen LogP) is 6.72. The zero-order chi connectivity index (χ0) is 36.2. The molecule has 270 valence electrons. The van der Waals surface area contributed by atoms with Gasteiger partial charge in [-0.05, 0) is 92.8 Å². The number of carbonyl (C=O) groups is 3. The molecule has 4 N–H and O–H groups in total. The second-order valence-electron chi connectivity index (χ2n) is 14.9. The van der Waals surface area contributed by atoms with E-state index in [1.165, 1.54) is 0 Å². The molecule has 2 aromatic heterocycles. The molecule has 52 heavy (non-hydrogen) atoms. The van der Waals surface area contributed by atoms with Crippen molar-refractivity contribution in [3.8, 4) is 11.1 Å². The average Bonchev–Trinajstić information content (AvgIpc) is 3.83. The first-order valence-corrected chi connectivity index (χ1v) is 18.7. The summed E-state index contributed by atoms with van der Waals surface area (Å²) in [6, 6.07) is 12.5. The topological polar surface area (TPSA) is 141 Å². The van der Waals surface area contributed by atoms with Crippen LogP contribution in [0, 0.1) is 10.8 Å². The van der Waals surface area contributed by atoms with Crippen molar-refractivity contribution in [2.75, 3.05) is 30.3 Å². The summed E-state index contributed by atoms with van der Waals surface area (Å²) in [5.74, 6) is -1.05. The summed E-state index contributed by atoms with van der Waals surface area (Å²) in [7, 11) is 1.87. The van der Waals surface area contributed by atoms with Gasteiger partial charge in [0.05, 0.1) is 32.5 Å². The van der Waals surface area contributed by atoms with Gasteiger partial charge in [-0.1, -0.05) is 47.5 Å². The quantitative estimate of drug-likeness (QED) is 0.148. The van der Waals surface area contributed by atoms with Crippen LogP contribution in [0.25, 0.3) is 11.1 Å². The molecule has 0 spiro atoms. The molecule has 2 fully saturated rings. The molecule has 11 nitrogen and oxygen atoms in total. The van der Waals surface area contributed by atoms with Gasteiger partial charge in [0.2, 0.25) is 0 Å². The molecule has 0 radical (unpaired) electrons. The molecule has 2 aromatic carbocycles. The summed E-state index contributed by atoms with van der Waals surface area (Å²) in [5.41, 5.74) is 6.11. The Morgan fingerprint density at radius 2 is 1.63 bits per heavy atom. The molecular formula is C39H41Cl2N7O4. The number of rotatable bonds is 9. The van der Waals surface area contributed by atoms with Gasteiger partial charge in [-0.15, -0.1) is 0 Å². The van der Waals surface area contributed by atoms with E-state index in [1.54, 1.807) is 30.5 Å². The summed E-state index contributed by atoms with van der Waals surface area (Å²) in [6.07, 6.45) is 8.72. The van der Waals surface area contributed by atoms with Crippen LogP contribution in [0.3, 0.4) is 0 Å². The number of carbonyl (C=O) groups excluding carboxylic acids is 2. The molecule has 4 aromatic rings. The number of hydrogen-bond acceptors (Lipinski definition) is 7. The standard InChI is InChI=1S/C39H41Cl2N7O4/c1-47-31-9-16-48(17-14-38-10-12-39(22-38,13-11-38)37(51)52)21-30(31)44-34(47)36(50)46-28-7-3-5-26(33(28)41)25-4-2-6-27(32(25)40)45-35(49)29-18-23-8-15-42-19-24(23)20-43-29/h2-7,18,20,42H,8-17,19,21-22H2,1H3,(H,45,49)(H,46,50)(H,51,52). The third-order valence-electron chi connectivity index (χ3n) is 11.9. The van der Waals surface area contributed by atoms with E-state index in [9.17, 15) is 19.5 Å². The van der Waals surface area contributed by atoms with E-state index >= 15 is 0 Å². The fourth-order valence-electron chi connectivity index (χ4n) is 8.85. The van der Waals surface area contributed by atoms with Crippen molar-refractivity contribution in [2.24, 2.45) is 17.9 Å². The Kier molecular flexibility index (Phi) is 9.10. The maximum atomic E-state index is 13.7. The monoisotopic (exact) mass is 741 g/mol. The van der Waals surface area contributed by atoms with Gasteiger partial charge in [-0.2, -0.15) is 0 Å². The fraction of sp³-hybridized carbons (Fsp3) is 0.410. The van der Waals surface area contributed by atoms with Crippen LogP contribution >= 0.6 is 23.2 Å². The SMILES string of the molecule is Cn1c(C(=O)Nc2cccc(-c3cccc(NC(=O)c4cc5c(cn4)CNCC5)c3Cl)c2Cl)nc2c1CCN(CCC13CCC(C(=O)O)(CC1)C3)C2. The Hall–Kier alpha value is -4.29. The smallest absolute Gasteiger partial charge is 0.309 e. The zero-order valence-corrected chi connectivity index (χ0v) is 30.5. The molecule has 2 aliphatic carbocycles. The van der Waals surface area contributed by atoms with Crippen LogP contribution in [-0.2, 0) is 37.8 Å². The van der Waals surface area contributed by atoms with Gasteiger partial charge in [-0.3, -0.25) is 24.3 Å². The van der Waals surface area contributed by atoms with Crippen LogP contribution in [-0.4, -0.2) is 62.0 Å². The van der Waals surface area contributed by atoms with Crippen LogP contribution < -0.4 is 16.0 Å². The summed E-state index contributed by atoms with van der Waals surface area (Å²) in [5, 5.41) is 19.6. The number of carboxylic acids is 1. The summed E-state index contributed by atoms with van der Waals surface area (Å²) < 4.78 is 1.87. The van der Waals surface area contributed by atoms with E-state index in [4.69, 9.17) is 28.2 Å². The number of anilines is 2. The van der Waals surface area contributed by atoms with E-state index in [2.05, 4.69) is 25.8 Å². The van der Waals surface area contributed by atoms with Gasteiger partial charge >= 0.3 is 5.97 Å². The number of aromatic nitrogens is 3. The lowest BCUT2D eigenvalue weighted by Crippen LogP contribution is -2.34. The maximum absolute atomic E-state index is 13.7. The number of nitrogens with one attached hydrogen (secondary N) is 3. The van der Waals surface area contributed by atoms with Crippen LogP contribution in [0.1, 0.15) is 82.1 Å². The van der Waals surface area contributed by atoms with Gasteiger partial charge in [0.25, 0.3) is 11.8 Å². The van der Waals surface area contributed by atoms with Crippen molar-refractivity contribution in [3.05, 3.63) is 92.7 Å². The number of imidazole rings is 1. The lowest BCUT2D eigenvalue weighted by atomic mass is 9.80. The normalized spacial score (nSPS) is 22.1. The zero-order valence-electron chi connectivity index (χ0n) is 29.0. The highest BCUT2D eigenvalue weighted by Gasteiger charge is 2.57. The lowest BCUT2D eigenvalue weighted by molar-refractivity contribution is -0.148. The summed E-state index contributed by atoms with van der Waals surface area (Å²) in [4.78, 5) is 50.3. The van der Waals surface area contributed by atoms with Crippen LogP contribution in [0.2, 0.25) is 10.0 Å². The van der Waals surface area contributed by atoms with E-state index in [1.807, 2.05) is 29.8 Å². The molecule has 4 aliphatic rings. The van der Waals surface area contributed by atoms with Crippen molar-refractivity contribution >= 4 is 52.4 Å².